The smallest absolute Gasteiger partial charge is 0.127 e. The molecule has 0 amide bonds. The lowest BCUT2D eigenvalue weighted by molar-refractivity contribution is -0.248. The van der Waals surface area contributed by atoms with Crippen molar-refractivity contribution in [2.24, 2.45) is 5.92 Å². The fourth-order valence-electron chi connectivity index (χ4n) is 0.398. The van der Waals surface area contributed by atoms with Gasteiger partial charge >= 0.3 is 0 Å². The van der Waals surface area contributed by atoms with Crippen molar-refractivity contribution in [2.45, 2.75) is 0 Å². The largest absolute Gasteiger partial charge is 0.303 e. The molecule has 1 heterocycles. The molecule has 40 valence electrons. The van der Waals surface area contributed by atoms with Gasteiger partial charge in [0.05, 0.1) is 19.1 Å². The van der Waals surface area contributed by atoms with Crippen molar-refractivity contribution in [3.05, 3.63) is 0 Å². The quantitative estimate of drug-likeness (QED) is 0.338. The molecule has 7 heavy (non-hydrogen) atoms. The summed E-state index contributed by atoms with van der Waals surface area (Å²) >= 11 is 0. The highest BCUT2D eigenvalue weighted by atomic mass is 17.2. The average Bonchev–Trinajstić information content (AvgIpc) is 2.14. The Morgan fingerprint density at radius 1 is 1.43 bits per heavy atom. The van der Waals surface area contributed by atoms with E-state index in [1.54, 1.807) is 0 Å². The van der Waals surface area contributed by atoms with Crippen LogP contribution in [0.15, 0.2) is 0 Å². The van der Waals surface area contributed by atoms with Gasteiger partial charge < -0.3 is 4.79 Å². The van der Waals surface area contributed by atoms with Gasteiger partial charge in [0.2, 0.25) is 0 Å². The fourth-order valence-corrected chi connectivity index (χ4v) is 0.398. The summed E-state index contributed by atoms with van der Waals surface area (Å²) in [7, 11) is 0. The number of carbonyl (C=O) groups excluding carboxylic acids is 1. The summed E-state index contributed by atoms with van der Waals surface area (Å²) in [4.78, 5) is 18.7. The molecule has 0 aromatic carbocycles. The van der Waals surface area contributed by atoms with Crippen molar-refractivity contribution in [3.8, 4) is 0 Å². The zero-order chi connectivity index (χ0) is 5.11. The van der Waals surface area contributed by atoms with Crippen LogP contribution in [0.4, 0.5) is 0 Å². The number of hydrogen-bond donors (Lipinski definition) is 0. The summed E-state index contributed by atoms with van der Waals surface area (Å²) in [5.41, 5.74) is 0. The van der Waals surface area contributed by atoms with E-state index >= 15 is 0 Å². The summed E-state index contributed by atoms with van der Waals surface area (Å²) in [5.74, 6) is -0.0278. The first-order valence-corrected chi connectivity index (χ1v) is 2.13. The van der Waals surface area contributed by atoms with Gasteiger partial charge in [-0.2, -0.15) is 0 Å². The molecule has 0 atom stereocenters. The first kappa shape index (κ1) is 4.74. The maximum absolute atomic E-state index is 9.85. The lowest BCUT2D eigenvalue weighted by Crippen LogP contribution is -2.02. The lowest BCUT2D eigenvalue weighted by Gasteiger charge is -1.84. The maximum Gasteiger partial charge on any atom is 0.127 e. The second-order valence-electron chi connectivity index (χ2n) is 1.47. The van der Waals surface area contributed by atoms with Crippen molar-refractivity contribution in [2.75, 3.05) is 13.2 Å². The molecule has 0 aliphatic carbocycles. The molecule has 0 aromatic rings. The Morgan fingerprint density at radius 2 is 2.00 bits per heavy atom. The zero-order valence-electron chi connectivity index (χ0n) is 3.79. The number of hydrogen-bond acceptors (Lipinski definition) is 3. The Balaban J connectivity index is 2.26. The van der Waals surface area contributed by atoms with Gasteiger partial charge in [-0.3, -0.25) is 0 Å². The van der Waals surface area contributed by atoms with Crippen molar-refractivity contribution in [1.29, 1.82) is 0 Å². The van der Waals surface area contributed by atoms with Crippen molar-refractivity contribution in [1.82, 2.24) is 0 Å². The highest BCUT2D eigenvalue weighted by molar-refractivity contribution is 5.53. The van der Waals surface area contributed by atoms with E-state index in [2.05, 4.69) is 9.78 Å². The van der Waals surface area contributed by atoms with Crippen LogP contribution in [-0.4, -0.2) is 19.5 Å². The average molecular weight is 102 g/mol. The summed E-state index contributed by atoms with van der Waals surface area (Å²) < 4.78 is 0. The minimum absolute atomic E-state index is 0.0278. The van der Waals surface area contributed by atoms with Crippen molar-refractivity contribution >= 4 is 6.29 Å². The lowest BCUT2D eigenvalue weighted by atomic mass is 10.2. The zero-order valence-corrected chi connectivity index (χ0v) is 3.79. The molecule has 0 bridgehead atoms. The standard InChI is InChI=1S/C4H6O3/c5-1-4-2-6-7-3-4/h1,4H,2-3H2. The molecule has 1 aliphatic rings. The van der Waals surface area contributed by atoms with E-state index in [9.17, 15) is 4.79 Å². The third-order valence-corrected chi connectivity index (χ3v) is 0.840. The number of rotatable bonds is 1. The second-order valence-corrected chi connectivity index (χ2v) is 1.47. The van der Waals surface area contributed by atoms with Gasteiger partial charge in [0, 0.05) is 0 Å². The number of carbonyl (C=O) groups is 1. The Hall–Kier alpha value is -0.410. The normalized spacial score (nSPS) is 22.9. The number of aldehydes is 1. The molecule has 3 nitrogen and oxygen atoms in total. The minimum atomic E-state index is -0.0278. The van der Waals surface area contributed by atoms with E-state index in [0.717, 1.165) is 6.29 Å². The van der Waals surface area contributed by atoms with Crippen LogP contribution in [0, 0.1) is 5.92 Å². The van der Waals surface area contributed by atoms with Gasteiger partial charge in [-0.25, -0.2) is 9.78 Å². The molecule has 3 heteroatoms. The summed E-state index contributed by atoms with van der Waals surface area (Å²) in [6.45, 7) is 0.840. The fraction of sp³-hybridized carbons (Fsp3) is 0.750. The first-order chi connectivity index (χ1) is 3.43. The minimum Gasteiger partial charge on any atom is -0.303 e. The summed E-state index contributed by atoms with van der Waals surface area (Å²) in [5, 5.41) is 0. The maximum atomic E-state index is 9.85. The molecule has 0 spiro atoms. The Bertz CT molecular complexity index is 65.3. The molecule has 0 radical (unpaired) electrons. The Morgan fingerprint density at radius 3 is 2.29 bits per heavy atom. The van der Waals surface area contributed by atoms with Crippen LogP contribution >= 0.6 is 0 Å². The summed E-state index contributed by atoms with van der Waals surface area (Å²) in [6, 6.07) is 0. The van der Waals surface area contributed by atoms with E-state index in [4.69, 9.17) is 0 Å². The molecule has 1 rings (SSSR count). The molecule has 0 unspecified atom stereocenters. The van der Waals surface area contributed by atoms with Gasteiger partial charge in [0.1, 0.15) is 6.29 Å². The van der Waals surface area contributed by atoms with E-state index in [-0.39, 0.29) is 5.92 Å². The van der Waals surface area contributed by atoms with Crippen molar-refractivity contribution < 1.29 is 14.6 Å². The molecule has 0 saturated carbocycles. The Kier molecular flexibility index (Phi) is 1.38. The first-order valence-electron chi connectivity index (χ1n) is 2.13. The predicted octanol–water partition coefficient (Wildman–Crippen LogP) is -0.237. The van der Waals surface area contributed by atoms with E-state index < -0.39 is 0 Å². The van der Waals surface area contributed by atoms with Crippen LogP contribution in [0.5, 0.6) is 0 Å². The van der Waals surface area contributed by atoms with Gasteiger partial charge in [0.15, 0.2) is 0 Å². The van der Waals surface area contributed by atoms with Crippen LogP contribution in [0.25, 0.3) is 0 Å². The van der Waals surface area contributed by atoms with Crippen LogP contribution < -0.4 is 0 Å². The van der Waals surface area contributed by atoms with Gasteiger partial charge in [-0.15, -0.1) is 0 Å². The highest BCUT2D eigenvalue weighted by Gasteiger charge is 2.14. The third-order valence-electron chi connectivity index (χ3n) is 0.840. The SMILES string of the molecule is O=CC1COOC1. The molecule has 0 aromatic heterocycles. The molecule has 1 aliphatic heterocycles. The Labute approximate surface area is 41.1 Å². The van der Waals surface area contributed by atoms with Gasteiger partial charge in [0.25, 0.3) is 0 Å². The van der Waals surface area contributed by atoms with Crippen LogP contribution in [0.3, 0.4) is 0 Å². The van der Waals surface area contributed by atoms with Crippen LogP contribution in [0.1, 0.15) is 0 Å². The monoisotopic (exact) mass is 102 g/mol. The molecular weight excluding hydrogens is 96.0 g/mol. The summed E-state index contributed by atoms with van der Waals surface area (Å²) in [6.07, 6.45) is 0.840. The topological polar surface area (TPSA) is 35.5 Å². The van der Waals surface area contributed by atoms with Crippen molar-refractivity contribution in [3.63, 3.8) is 0 Å². The van der Waals surface area contributed by atoms with Gasteiger partial charge in [-0.1, -0.05) is 0 Å². The van der Waals surface area contributed by atoms with E-state index in [1.165, 1.54) is 0 Å². The van der Waals surface area contributed by atoms with Gasteiger partial charge in [-0.05, 0) is 0 Å². The predicted molar refractivity (Wildman–Crippen MR) is 21.5 cm³/mol. The molecule has 0 N–H and O–H groups in total. The van der Waals surface area contributed by atoms with Crippen LogP contribution in [-0.2, 0) is 14.6 Å². The second kappa shape index (κ2) is 2.04. The van der Waals surface area contributed by atoms with E-state index in [0.29, 0.717) is 13.2 Å². The highest BCUT2D eigenvalue weighted by Crippen LogP contribution is 2.02. The molecule has 1 saturated heterocycles. The van der Waals surface area contributed by atoms with Crippen LogP contribution in [0.2, 0.25) is 0 Å². The third kappa shape index (κ3) is 0.976. The van der Waals surface area contributed by atoms with E-state index in [1.807, 2.05) is 0 Å². The molecule has 1 fully saturated rings. The molecular formula is C4H6O3.